The molecule has 1 aliphatic carbocycles. The Morgan fingerprint density at radius 1 is 1.12 bits per heavy atom. The van der Waals surface area contributed by atoms with Crippen molar-refractivity contribution in [3.05, 3.63) is 22.4 Å². The van der Waals surface area contributed by atoms with Gasteiger partial charge in [0.2, 0.25) is 5.91 Å². The molecule has 144 valence electrons. The van der Waals surface area contributed by atoms with Crippen LogP contribution in [0.4, 0.5) is 0 Å². The summed E-state index contributed by atoms with van der Waals surface area (Å²) in [5.41, 5.74) is 0. The highest BCUT2D eigenvalue weighted by molar-refractivity contribution is 7.12. The molecule has 1 atom stereocenters. The normalized spacial score (nSPS) is 23.8. The average Bonchev–Trinajstić information content (AvgIpc) is 3.12. The highest BCUT2D eigenvalue weighted by Crippen LogP contribution is 2.28. The number of carbonyl (C=O) groups excluding carboxylic acids is 2. The minimum atomic E-state index is -0.259. The van der Waals surface area contributed by atoms with Crippen LogP contribution < -0.4 is 5.32 Å². The highest BCUT2D eigenvalue weighted by atomic mass is 35.5. The van der Waals surface area contributed by atoms with Crippen LogP contribution in [-0.4, -0.2) is 59.9 Å². The van der Waals surface area contributed by atoms with Crippen LogP contribution in [0.1, 0.15) is 48.2 Å². The minimum absolute atomic E-state index is 0. The number of amides is 2. The smallest absolute Gasteiger partial charge is 0.264 e. The Labute approximate surface area is 165 Å². The summed E-state index contributed by atoms with van der Waals surface area (Å²) < 4.78 is 0. The lowest BCUT2D eigenvalue weighted by Gasteiger charge is -2.35. The molecule has 0 bridgehead atoms. The lowest BCUT2D eigenvalue weighted by Crippen LogP contribution is -2.52. The molecule has 0 spiro atoms. The fraction of sp³-hybridized carbons (Fsp3) is 0.684. The van der Waals surface area contributed by atoms with Crippen molar-refractivity contribution in [1.82, 2.24) is 15.1 Å². The van der Waals surface area contributed by atoms with E-state index in [1.807, 2.05) is 22.4 Å². The minimum Gasteiger partial charge on any atom is -0.341 e. The summed E-state index contributed by atoms with van der Waals surface area (Å²) in [5.74, 6) is 1.07. The van der Waals surface area contributed by atoms with E-state index in [0.29, 0.717) is 12.6 Å². The number of piperidine rings is 1. The monoisotopic (exact) mass is 397 g/mol. The Bertz CT molecular complexity index is 612. The zero-order valence-corrected chi connectivity index (χ0v) is 16.7. The molecule has 0 radical (unpaired) electrons. The first-order valence-corrected chi connectivity index (χ1v) is 10.5. The SMILES string of the molecule is Cl.O=C(C1CCCN1C(=O)c1cccs1)N1CCC(NCC2CC2)CC1. The molecule has 4 rings (SSSR count). The number of rotatable bonds is 5. The van der Waals surface area contributed by atoms with Gasteiger partial charge in [-0.1, -0.05) is 6.07 Å². The molecule has 2 saturated heterocycles. The van der Waals surface area contributed by atoms with Crippen LogP contribution in [0, 0.1) is 5.92 Å². The van der Waals surface area contributed by atoms with Crippen LogP contribution >= 0.6 is 23.7 Å². The van der Waals surface area contributed by atoms with Gasteiger partial charge in [0.1, 0.15) is 6.04 Å². The van der Waals surface area contributed by atoms with E-state index in [1.165, 1.54) is 24.2 Å². The number of hydrogen-bond donors (Lipinski definition) is 1. The Balaban J connectivity index is 0.00000196. The lowest BCUT2D eigenvalue weighted by atomic mass is 10.0. The first kappa shape index (κ1) is 19.6. The molecule has 3 heterocycles. The third kappa shape index (κ3) is 4.41. The summed E-state index contributed by atoms with van der Waals surface area (Å²) in [6.45, 7) is 3.48. The number of nitrogens with zero attached hydrogens (tertiary/aromatic N) is 2. The number of nitrogens with one attached hydrogen (secondary N) is 1. The van der Waals surface area contributed by atoms with Crippen molar-refractivity contribution in [2.24, 2.45) is 5.92 Å². The second kappa shape index (κ2) is 8.72. The van der Waals surface area contributed by atoms with Gasteiger partial charge in [0, 0.05) is 25.7 Å². The van der Waals surface area contributed by atoms with Crippen molar-refractivity contribution in [2.45, 2.75) is 50.6 Å². The molecule has 1 aromatic heterocycles. The first-order valence-electron chi connectivity index (χ1n) is 9.59. The summed E-state index contributed by atoms with van der Waals surface area (Å²) in [5, 5.41) is 5.57. The first-order chi connectivity index (χ1) is 12.2. The molecule has 3 aliphatic rings. The van der Waals surface area contributed by atoms with Gasteiger partial charge in [0.25, 0.3) is 5.91 Å². The maximum absolute atomic E-state index is 13.0. The molecule has 2 aliphatic heterocycles. The van der Waals surface area contributed by atoms with E-state index in [2.05, 4.69) is 5.32 Å². The van der Waals surface area contributed by atoms with Crippen molar-refractivity contribution in [3.63, 3.8) is 0 Å². The van der Waals surface area contributed by atoms with E-state index in [4.69, 9.17) is 0 Å². The van der Waals surface area contributed by atoms with Gasteiger partial charge >= 0.3 is 0 Å². The van der Waals surface area contributed by atoms with Crippen LogP contribution in [0.2, 0.25) is 0 Å². The van der Waals surface area contributed by atoms with Gasteiger partial charge in [-0.2, -0.15) is 0 Å². The molecule has 26 heavy (non-hydrogen) atoms. The molecule has 3 fully saturated rings. The number of likely N-dealkylation sites (tertiary alicyclic amines) is 2. The van der Waals surface area contributed by atoms with Crippen LogP contribution in [0.15, 0.2) is 17.5 Å². The number of halogens is 1. The Morgan fingerprint density at radius 3 is 2.54 bits per heavy atom. The number of carbonyl (C=O) groups is 2. The van der Waals surface area contributed by atoms with Crippen LogP contribution in [0.3, 0.4) is 0 Å². The van der Waals surface area contributed by atoms with E-state index in [9.17, 15) is 9.59 Å². The summed E-state index contributed by atoms with van der Waals surface area (Å²) in [4.78, 5) is 30.2. The molecule has 0 aromatic carbocycles. The fourth-order valence-corrected chi connectivity index (χ4v) is 4.66. The lowest BCUT2D eigenvalue weighted by molar-refractivity contribution is -0.136. The van der Waals surface area contributed by atoms with E-state index in [-0.39, 0.29) is 30.3 Å². The third-order valence-electron chi connectivity index (χ3n) is 5.73. The van der Waals surface area contributed by atoms with Crippen LogP contribution in [0.25, 0.3) is 0 Å². The van der Waals surface area contributed by atoms with E-state index in [0.717, 1.165) is 56.1 Å². The van der Waals surface area contributed by atoms with Crippen LogP contribution in [-0.2, 0) is 4.79 Å². The topological polar surface area (TPSA) is 52.7 Å². The van der Waals surface area contributed by atoms with Gasteiger partial charge in [-0.3, -0.25) is 9.59 Å². The van der Waals surface area contributed by atoms with Crippen molar-refractivity contribution in [3.8, 4) is 0 Å². The molecule has 5 nitrogen and oxygen atoms in total. The summed E-state index contributed by atoms with van der Waals surface area (Å²) in [6.07, 6.45) is 6.54. The summed E-state index contributed by atoms with van der Waals surface area (Å²) in [7, 11) is 0. The maximum Gasteiger partial charge on any atom is 0.264 e. The zero-order chi connectivity index (χ0) is 17.2. The predicted octanol–water partition coefficient (Wildman–Crippen LogP) is 2.77. The van der Waals surface area contributed by atoms with Gasteiger partial charge in [-0.15, -0.1) is 23.7 Å². The third-order valence-corrected chi connectivity index (χ3v) is 6.59. The van der Waals surface area contributed by atoms with Gasteiger partial charge in [-0.25, -0.2) is 0 Å². The Hall–Kier alpha value is -1.11. The summed E-state index contributed by atoms with van der Waals surface area (Å²) >= 11 is 1.46. The van der Waals surface area contributed by atoms with Gasteiger partial charge in [0.05, 0.1) is 4.88 Å². The van der Waals surface area contributed by atoms with Crippen molar-refractivity contribution in [2.75, 3.05) is 26.2 Å². The molecule has 1 unspecified atom stereocenters. The average molecular weight is 398 g/mol. The number of thiophene rings is 1. The van der Waals surface area contributed by atoms with Gasteiger partial charge in [-0.05, 0) is 62.4 Å². The molecular formula is C19H28ClN3O2S. The predicted molar refractivity (Wildman–Crippen MR) is 106 cm³/mol. The van der Waals surface area contributed by atoms with Crippen molar-refractivity contribution in [1.29, 1.82) is 0 Å². The fourth-order valence-electron chi connectivity index (χ4n) is 3.98. The van der Waals surface area contributed by atoms with Gasteiger partial charge < -0.3 is 15.1 Å². The molecule has 2 amide bonds. The molecule has 1 N–H and O–H groups in total. The Kier molecular flexibility index (Phi) is 6.59. The van der Waals surface area contributed by atoms with Gasteiger partial charge in [0.15, 0.2) is 0 Å². The van der Waals surface area contributed by atoms with Crippen molar-refractivity contribution >= 4 is 35.6 Å². The maximum atomic E-state index is 13.0. The molecule has 1 aromatic rings. The second-order valence-electron chi connectivity index (χ2n) is 7.59. The number of hydrogen-bond acceptors (Lipinski definition) is 4. The highest BCUT2D eigenvalue weighted by Gasteiger charge is 2.38. The molecular weight excluding hydrogens is 370 g/mol. The van der Waals surface area contributed by atoms with E-state index < -0.39 is 0 Å². The zero-order valence-electron chi connectivity index (χ0n) is 15.1. The quantitative estimate of drug-likeness (QED) is 0.831. The van der Waals surface area contributed by atoms with Crippen molar-refractivity contribution < 1.29 is 9.59 Å². The van der Waals surface area contributed by atoms with E-state index >= 15 is 0 Å². The second-order valence-corrected chi connectivity index (χ2v) is 8.53. The largest absolute Gasteiger partial charge is 0.341 e. The Morgan fingerprint density at radius 2 is 1.88 bits per heavy atom. The summed E-state index contributed by atoms with van der Waals surface area (Å²) in [6, 6.07) is 4.04. The van der Waals surface area contributed by atoms with Crippen LogP contribution in [0.5, 0.6) is 0 Å². The standard InChI is InChI=1S/C19H27N3O2S.ClH/c23-18(21-10-7-15(8-11-21)20-13-14-5-6-14)16-3-1-9-22(16)19(24)17-4-2-12-25-17;/h2,4,12,14-16,20H,1,3,5-11,13H2;1H. The molecule has 7 heteroatoms. The van der Waals surface area contributed by atoms with E-state index in [1.54, 1.807) is 4.90 Å². The molecule has 1 saturated carbocycles.